The highest BCUT2D eigenvalue weighted by molar-refractivity contribution is 7.99. The molecule has 0 radical (unpaired) electrons. The summed E-state index contributed by atoms with van der Waals surface area (Å²) in [5.41, 5.74) is -3.16. The molecular weight excluding hydrogens is 447 g/mol. The summed E-state index contributed by atoms with van der Waals surface area (Å²) in [5.74, 6) is 0.263. The normalized spacial score (nSPS) is 18.2. The van der Waals surface area contributed by atoms with E-state index < -0.39 is 40.7 Å². The summed E-state index contributed by atoms with van der Waals surface area (Å²) in [6.07, 6.45) is -3.74. The third-order valence-corrected chi connectivity index (χ3v) is 6.60. The van der Waals surface area contributed by atoms with Gasteiger partial charge in [0.1, 0.15) is 5.54 Å². The van der Waals surface area contributed by atoms with Gasteiger partial charge in [-0.05, 0) is 55.9 Å². The van der Waals surface area contributed by atoms with Crippen molar-refractivity contribution in [3.63, 3.8) is 0 Å². The molecule has 1 aromatic rings. The lowest BCUT2D eigenvalue weighted by Crippen LogP contribution is -2.52. The highest BCUT2D eigenvalue weighted by atomic mass is 32.2. The number of carbonyl (C=O) groups is 3. The Labute approximate surface area is 187 Å². The van der Waals surface area contributed by atoms with Crippen LogP contribution in [0.15, 0.2) is 18.2 Å². The fraction of sp³-hybridized carbons (Fsp3) is 0.524. The summed E-state index contributed by atoms with van der Waals surface area (Å²) >= 11 is 1.64. The third kappa shape index (κ3) is 4.41. The molecule has 0 bridgehead atoms. The first-order valence-electron chi connectivity index (χ1n) is 10.2. The van der Waals surface area contributed by atoms with Crippen molar-refractivity contribution >= 4 is 35.4 Å². The van der Waals surface area contributed by atoms with Gasteiger partial charge in [-0.1, -0.05) is 0 Å². The first-order chi connectivity index (χ1) is 15.2. The van der Waals surface area contributed by atoms with E-state index in [1.807, 2.05) is 0 Å². The van der Waals surface area contributed by atoms with Crippen LogP contribution in [0.4, 0.5) is 23.7 Å². The number of urea groups is 1. The smallest absolute Gasteiger partial charge is 0.417 e. The lowest BCUT2D eigenvalue weighted by atomic mass is 9.90. The second kappa shape index (κ2) is 9.40. The molecule has 0 unspecified atom stereocenters. The monoisotopic (exact) mass is 469 g/mol. The Hall–Kier alpha value is -2.74. The third-order valence-electron chi connectivity index (χ3n) is 5.62. The van der Waals surface area contributed by atoms with Crippen LogP contribution in [-0.2, 0) is 20.5 Å². The number of hydrogen-bond donors (Lipinski definition) is 0. The van der Waals surface area contributed by atoms with E-state index in [2.05, 4.69) is 0 Å². The molecule has 0 N–H and O–H groups in total. The number of halogens is 3. The maximum absolute atomic E-state index is 13.4. The van der Waals surface area contributed by atoms with Gasteiger partial charge < -0.3 is 9.64 Å². The van der Waals surface area contributed by atoms with Crippen LogP contribution in [0.3, 0.4) is 0 Å². The van der Waals surface area contributed by atoms with Crippen molar-refractivity contribution in [1.29, 1.82) is 5.26 Å². The molecule has 11 heteroatoms. The number of nitrogens with zero attached hydrogens (tertiary/aromatic N) is 3. The van der Waals surface area contributed by atoms with Crippen molar-refractivity contribution in [3.8, 4) is 6.07 Å². The lowest BCUT2D eigenvalue weighted by Gasteiger charge is -2.37. The van der Waals surface area contributed by atoms with Gasteiger partial charge >= 0.3 is 18.2 Å². The van der Waals surface area contributed by atoms with Gasteiger partial charge in [-0.15, -0.1) is 0 Å². The number of ether oxygens (including phenoxy) is 1. The van der Waals surface area contributed by atoms with E-state index in [1.54, 1.807) is 18.7 Å². The summed E-state index contributed by atoms with van der Waals surface area (Å²) in [4.78, 5) is 40.5. The maximum Gasteiger partial charge on any atom is 0.417 e. The molecule has 2 fully saturated rings. The molecule has 0 saturated carbocycles. The minimum Gasteiger partial charge on any atom is -0.466 e. The molecule has 1 spiro atoms. The van der Waals surface area contributed by atoms with E-state index in [4.69, 9.17) is 10.00 Å². The molecule has 2 aliphatic rings. The number of amides is 3. The van der Waals surface area contributed by atoms with Gasteiger partial charge in [-0.25, -0.2) is 9.69 Å². The van der Waals surface area contributed by atoms with Crippen LogP contribution in [0.5, 0.6) is 0 Å². The Morgan fingerprint density at radius 3 is 2.56 bits per heavy atom. The Morgan fingerprint density at radius 2 is 1.97 bits per heavy atom. The van der Waals surface area contributed by atoms with Crippen molar-refractivity contribution in [2.45, 2.75) is 44.3 Å². The Morgan fingerprint density at radius 1 is 1.28 bits per heavy atom. The Kier molecular flexibility index (Phi) is 7.03. The molecule has 0 aromatic heterocycles. The largest absolute Gasteiger partial charge is 0.466 e. The zero-order valence-corrected chi connectivity index (χ0v) is 18.2. The van der Waals surface area contributed by atoms with E-state index >= 15 is 0 Å². The number of anilines is 1. The van der Waals surface area contributed by atoms with Gasteiger partial charge in [-0.3, -0.25) is 9.59 Å². The highest BCUT2D eigenvalue weighted by Gasteiger charge is 2.57. The number of esters is 1. The minimum atomic E-state index is -4.81. The second-order valence-electron chi connectivity index (χ2n) is 7.47. The van der Waals surface area contributed by atoms with Gasteiger partial charge in [-0.2, -0.15) is 30.2 Å². The van der Waals surface area contributed by atoms with E-state index in [9.17, 15) is 27.6 Å². The molecule has 172 valence electrons. The number of rotatable bonds is 6. The zero-order chi connectivity index (χ0) is 23.5. The highest BCUT2D eigenvalue weighted by Crippen LogP contribution is 2.43. The number of benzene rings is 1. The summed E-state index contributed by atoms with van der Waals surface area (Å²) < 4.78 is 45.2. The summed E-state index contributed by atoms with van der Waals surface area (Å²) in [6.45, 7) is 2.02. The van der Waals surface area contributed by atoms with Crippen LogP contribution in [-0.4, -0.2) is 53.0 Å². The number of thioether (sulfide) groups is 1. The molecule has 3 rings (SSSR count). The SMILES string of the molecule is CCOC(=O)CCCN1C(=O)N(c2ccc(C#N)c(C(F)(F)F)c2)C(=O)C12CCSCC2. The van der Waals surface area contributed by atoms with Crippen LogP contribution in [0.1, 0.15) is 43.7 Å². The van der Waals surface area contributed by atoms with E-state index in [-0.39, 0.29) is 31.7 Å². The van der Waals surface area contributed by atoms with Crippen LogP contribution in [0, 0.1) is 11.3 Å². The van der Waals surface area contributed by atoms with Crippen LogP contribution >= 0.6 is 11.8 Å². The molecule has 0 atom stereocenters. The maximum atomic E-state index is 13.4. The average molecular weight is 469 g/mol. The van der Waals surface area contributed by atoms with Gasteiger partial charge in [0, 0.05) is 13.0 Å². The summed E-state index contributed by atoms with van der Waals surface area (Å²) in [5, 5.41) is 9.02. The summed E-state index contributed by atoms with van der Waals surface area (Å²) in [6, 6.07) is 3.58. The van der Waals surface area contributed by atoms with E-state index in [1.165, 1.54) is 17.0 Å². The second-order valence-corrected chi connectivity index (χ2v) is 8.69. The van der Waals surface area contributed by atoms with Crippen molar-refractivity contribution in [1.82, 2.24) is 4.90 Å². The van der Waals surface area contributed by atoms with Crippen molar-refractivity contribution in [3.05, 3.63) is 29.3 Å². The van der Waals surface area contributed by atoms with Crippen LogP contribution in [0.2, 0.25) is 0 Å². The molecular formula is C21H22F3N3O4S. The standard InChI is InChI=1S/C21H22F3N3O4S/c1-2-31-17(28)4-3-9-26-19(30)27(18(29)20(26)7-10-32-11-8-20)15-6-5-14(13-25)16(12-15)21(22,23)24/h5-6,12H,2-4,7-11H2,1H3. The molecule has 32 heavy (non-hydrogen) atoms. The number of nitriles is 1. The fourth-order valence-corrected chi connectivity index (χ4v) is 5.23. The van der Waals surface area contributed by atoms with Gasteiger partial charge in [0.2, 0.25) is 0 Å². The zero-order valence-electron chi connectivity index (χ0n) is 17.4. The predicted octanol–water partition coefficient (Wildman–Crippen LogP) is 3.95. The minimum absolute atomic E-state index is 0.0612. The number of imide groups is 1. The number of carbonyl (C=O) groups excluding carboxylic acids is 3. The molecule has 2 saturated heterocycles. The van der Waals surface area contributed by atoms with Crippen molar-refractivity contribution in [2.24, 2.45) is 0 Å². The average Bonchev–Trinajstić information content (AvgIpc) is 2.94. The predicted molar refractivity (Wildman–Crippen MR) is 111 cm³/mol. The molecule has 2 heterocycles. The van der Waals surface area contributed by atoms with E-state index in [0.29, 0.717) is 30.4 Å². The first-order valence-corrected chi connectivity index (χ1v) is 11.3. The van der Waals surface area contributed by atoms with E-state index in [0.717, 1.165) is 11.0 Å². The van der Waals surface area contributed by atoms with Crippen LogP contribution in [0.25, 0.3) is 0 Å². The van der Waals surface area contributed by atoms with Gasteiger partial charge in [0.25, 0.3) is 5.91 Å². The molecule has 1 aromatic carbocycles. The molecule has 7 nitrogen and oxygen atoms in total. The Balaban J connectivity index is 1.94. The number of hydrogen-bond acceptors (Lipinski definition) is 6. The fourth-order valence-electron chi connectivity index (χ4n) is 4.06. The van der Waals surface area contributed by atoms with Crippen molar-refractivity contribution < 1.29 is 32.3 Å². The molecule has 0 aliphatic carbocycles. The first kappa shape index (κ1) is 23.9. The lowest BCUT2D eigenvalue weighted by molar-refractivity contribution is -0.143. The molecule has 3 amide bonds. The summed E-state index contributed by atoms with van der Waals surface area (Å²) in [7, 11) is 0. The van der Waals surface area contributed by atoms with Crippen LogP contribution < -0.4 is 4.90 Å². The van der Waals surface area contributed by atoms with Gasteiger partial charge in [0.05, 0.1) is 29.5 Å². The molecule has 2 aliphatic heterocycles. The van der Waals surface area contributed by atoms with Gasteiger partial charge in [0.15, 0.2) is 0 Å². The van der Waals surface area contributed by atoms with Crippen molar-refractivity contribution in [2.75, 3.05) is 29.6 Å². The topological polar surface area (TPSA) is 90.7 Å². The Bertz CT molecular complexity index is 955. The number of alkyl halides is 3. The quantitative estimate of drug-likeness (QED) is 0.463.